The van der Waals surface area contributed by atoms with Crippen molar-refractivity contribution >= 4 is 5.82 Å². The van der Waals surface area contributed by atoms with E-state index in [9.17, 15) is 0 Å². The molecule has 0 saturated carbocycles. The van der Waals surface area contributed by atoms with Gasteiger partial charge in [-0.1, -0.05) is 18.2 Å². The Kier molecular flexibility index (Phi) is 4.97. The van der Waals surface area contributed by atoms with Crippen molar-refractivity contribution in [1.82, 2.24) is 20.1 Å². The maximum Gasteiger partial charge on any atom is 0.128 e. The molecule has 1 aliphatic rings. The van der Waals surface area contributed by atoms with Gasteiger partial charge in [0.05, 0.1) is 5.69 Å². The van der Waals surface area contributed by atoms with E-state index in [1.807, 2.05) is 35.4 Å². The van der Waals surface area contributed by atoms with Gasteiger partial charge < -0.3 is 10.2 Å². The first-order valence-electron chi connectivity index (χ1n) is 9.31. The second-order valence-corrected chi connectivity index (χ2v) is 6.88. The predicted octanol–water partition coefficient (Wildman–Crippen LogP) is 3.59. The van der Waals surface area contributed by atoms with Crippen LogP contribution in [0.2, 0.25) is 0 Å². The smallest absolute Gasteiger partial charge is 0.128 e. The molecule has 0 bridgehead atoms. The highest BCUT2D eigenvalue weighted by Gasteiger charge is 2.21. The summed E-state index contributed by atoms with van der Waals surface area (Å²) in [5.74, 6) is 1.09. The highest BCUT2D eigenvalue weighted by atomic mass is 15.3. The molecular weight excluding hydrogens is 322 g/mol. The first kappa shape index (κ1) is 16.8. The van der Waals surface area contributed by atoms with Crippen molar-refractivity contribution in [2.24, 2.45) is 0 Å². The van der Waals surface area contributed by atoms with E-state index in [1.54, 1.807) is 0 Å². The Morgan fingerprint density at radius 2 is 1.92 bits per heavy atom. The van der Waals surface area contributed by atoms with E-state index in [0.29, 0.717) is 12.1 Å². The summed E-state index contributed by atoms with van der Waals surface area (Å²) in [4.78, 5) is 6.84. The molecule has 5 nitrogen and oxygen atoms in total. The Morgan fingerprint density at radius 3 is 2.65 bits per heavy atom. The highest BCUT2D eigenvalue weighted by Crippen LogP contribution is 2.21. The van der Waals surface area contributed by atoms with Crippen molar-refractivity contribution < 1.29 is 0 Å². The Morgan fingerprint density at radius 1 is 1.04 bits per heavy atom. The van der Waals surface area contributed by atoms with E-state index in [0.717, 1.165) is 37.4 Å². The van der Waals surface area contributed by atoms with Gasteiger partial charge in [-0.2, -0.15) is 5.10 Å². The average Bonchev–Trinajstić information content (AvgIpc) is 3.24. The molecule has 5 heteroatoms. The van der Waals surface area contributed by atoms with Crippen molar-refractivity contribution in [2.45, 2.75) is 31.8 Å². The molecule has 1 saturated heterocycles. The van der Waals surface area contributed by atoms with Gasteiger partial charge in [-0.25, -0.2) is 9.67 Å². The van der Waals surface area contributed by atoms with E-state index in [4.69, 9.17) is 0 Å². The molecule has 1 aliphatic heterocycles. The van der Waals surface area contributed by atoms with E-state index in [2.05, 4.69) is 63.6 Å². The zero-order chi connectivity index (χ0) is 17.8. The van der Waals surface area contributed by atoms with Crippen LogP contribution in [-0.2, 0) is 0 Å². The molecule has 1 N–H and O–H groups in total. The molecule has 1 fully saturated rings. The van der Waals surface area contributed by atoms with Gasteiger partial charge in [0.25, 0.3) is 0 Å². The first-order chi connectivity index (χ1) is 12.8. The van der Waals surface area contributed by atoms with Crippen molar-refractivity contribution in [3.8, 4) is 5.69 Å². The SMILES string of the molecule is C[C@H](NC1CCN(c2ccccn2)CC1)c1cccc(-n2cccn2)c1. The number of hydrogen-bond acceptors (Lipinski definition) is 4. The Balaban J connectivity index is 1.36. The minimum Gasteiger partial charge on any atom is -0.357 e. The van der Waals surface area contributed by atoms with Gasteiger partial charge in [0.2, 0.25) is 0 Å². The molecule has 0 aliphatic carbocycles. The third-order valence-corrected chi connectivity index (χ3v) is 5.09. The molecule has 0 spiro atoms. The van der Waals surface area contributed by atoms with Gasteiger partial charge in [0.1, 0.15) is 5.82 Å². The van der Waals surface area contributed by atoms with Crippen LogP contribution < -0.4 is 10.2 Å². The molecule has 26 heavy (non-hydrogen) atoms. The minimum absolute atomic E-state index is 0.317. The maximum atomic E-state index is 4.47. The number of pyridine rings is 1. The first-order valence-corrected chi connectivity index (χ1v) is 9.31. The van der Waals surface area contributed by atoms with Crippen LogP contribution in [0.15, 0.2) is 67.1 Å². The van der Waals surface area contributed by atoms with Crippen LogP contribution in [0.4, 0.5) is 5.82 Å². The Labute approximate surface area is 154 Å². The molecule has 0 radical (unpaired) electrons. The third-order valence-electron chi connectivity index (χ3n) is 5.09. The van der Waals surface area contributed by atoms with E-state index >= 15 is 0 Å². The van der Waals surface area contributed by atoms with Crippen LogP contribution in [0.5, 0.6) is 0 Å². The lowest BCUT2D eigenvalue weighted by Crippen LogP contribution is -2.43. The number of anilines is 1. The fraction of sp³-hybridized carbons (Fsp3) is 0.333. The summed E-state index contributed by atoms with van der Waals surface area (Å²) in [6, 6.07) is 17.5. The molecule has 0 amide bonds. The number of nitrogens with zero attached hydrogens (tertiary/aromatic N) is 4. The van der Waals surface area contributed by atoms with E-state index < -0.39 is 0 Å². The quantitative estimate of drug-likeness (QED) is 0.766. The number of nitrogens with one attached hydrogen (secondary N) is 1. The molecule has 1 atom stereocenters. The van der Waals surface area contributed by atoms with E-state index in [-0.39, 0.29) is 0 Å². The summed E-state index contributed by atoms with van der Waals surface area (Å²) in [6.45, 7) is 4.34. The fourth-order valence-corrected chi connectivity index (χ4v) is 3.62. The zero-order valence-electron chi connectivity index (χ0n) is 15.1. The Hall–Kier alpha value is -2.66. The van der Waals surface area contributed by atoms with Crippen LogP contribution >= 0.6 is 0 Å². The molecule has 134 valence electrons. The average molecular weight is 347 g/mol. The number of piperidine rings is 1. The summed E-state index contributed by atoms with van der Waals surface area (Å²) in [7, 11) is 0. The maximum absolute atomic E-state index is 4.47. The van der Waals surface area contributed by atoms with Crippen LogP contribution in [0.3, 0.4) is 0 Å². The second-order valence-electron chi connectivity index (χ2n) is 6.88. The highest BCUT2D eigenvalue weighted by molar-refractivity contribution is 5.38. The van der Waals surface area contributed by atoms with Crippen LogP contribution in [0.1, 0.15) is 31.4 Å². The zero-order valence-corrected chi connectivity index (χ0v) is 15.1. The lowest BCUT2D eigenvalue weighted by Gasteiger charge is -2.34. The van der Waals surface area contributed by atoms with Crippen molar-refractivity contribution in [1.29, 1.82) is 0 Å². The molecule has 3 heterocycles. The monoisotopic (exact) mass is 347 g/mol. The van der Waals surface area contributed by atoms with Crippen LogP contribution in [0.25, 0.3) is 5.69 Å². The number of aromatic nitrogens is 3. The Bertz CT molecular complexity index is 807. The molecule has 1 aromatic carbocycles. The van der Waals surface area contributed by atoms with Crippen molar-refractivity contribution in [3.63, 3.8) is 0 Å². The molecule has 4 rings (SSSR count). The van der Waals surface area contributed by atoms with Crippen LogP contribution in [0, 0.1) is 0 Å². The third kappa shape index (κ3) is 3.78. The minimum atomic E-state index is 0.317. The predicted molar refractivity (Wildman–Crippen MR) is 105 cm³/mol. The van der Waals surface area contributed by atoms with Gasteiger partial charge >= 0.3 is 0 Å². The van der Waals surface area contributed by atoms with Gasteiger partial charge in [-0.15, -0.1) is 0 Å². The lowest BCUT2D eigenvalue weighted by molar-refractivity contribution is 0.380. The largest absolute Gasteiger partial charge is 0.357 e. The van der Waals surface area contributed by atoms with Crippen molar-refractivity contribution in [2.75, 3.05) is 18.0 Å². The second kappa shape index (κ2) is 7.70. The standard InChI is InChI=1S/C21H25N5/c1-17(18-6-4-7-20(16-18)26-13-5-12-23-26)24-19-9-14-25(15-10-19)21-8-2-3-11-22-21/h2-8,11-13,16-17,19,24H,9-10,14-15H2,1H3/t17-/m0/s1. The number of hydrogen-bond donors (Lipinski definition) is 1. The lowest BCUT2D eigenvalue weighted by atomic mass is 10.0. The normalized spacial score (nSPS) is 16.6. The van der Waals surface area contributed by atoms with Gasteiger partial charge in [0.15, 0.2) is 0 Å². The van der Waals surface area contributed by atoms with Gasteiger partial charge in [0, 0.05) is 43.8 Å². The number of benzene rings is 1. The summed E-state index contributed by atoms with van der Waals surface area (Å²) in [5.41, 5.74) is 2.40. The molecule has 3 aromatic rings. The summed E-state index contributed by atoms with van der Waals surface area (Å²) >= 11 is 0. The molecule has 0 unspecified atom stereocenters. The van der Waals surface area contributed by atoms with E-state index in [1.165, 1.54) is 5.56 Å². The van der Waals surface area contributed by atoms with Gasteiger partial charge in [-0.05, 0) is 55.7 Å². The summed E-state index contributed by atoms with van der Waals surface area (Å²) < 4.78 is 1.90. The topological polar surface area (TPSA) is 46.0 Å². The summed E-state index contributed by atoms with van der Waals surface area (Å²) in [6.07, 6.45) is 7.93. The fourth-order valence-electron chi connectivity index (χ4n) is 3.62. The van der Waals surface area contributed by atoms with Crippen LogP contribution in [-0.4, -0.2) is 33.9 Å². The summed E-state index contributed by atoms with van der Waals surface area (Å²) in [5, 5.41) is 8.13. The van der Waals surface area contributed by atoms with Gasteiger partial charge in [-0.3, -0.25) is 0 Å². The van der Waals surface area contributed by atoms with Crippen molar-refractivity contribution in [3.05, 3.63) is 72.7 Å². The molecule has 2 aromatic heterocycles. The molecular formula is C21H25N5. The number of rotatable bonds is 5.